The average Bonchev–Trinajstić information content (AvgIpc) is 2.41. The number of nitrogens with one attached hydrogen (secondary N) is 1. The summed E-state index contributed by atoms with van der Waals surface area (Å²) in [6, 6.07) is 6.09. The number of hydrogen-bond donors (Lipinski definition) is 1. The van der Waals surface area contributed by atoms with Crippen molar-refractivity contribution in [2.24, 2.45) is 0 Å². The van der Waals surface area contributed by atoms with E-state index in [1.165, 1.54) is 0 Å². The Bertz CT molecular complexity index is 522. The molecule has 0 unspecified atom stereocenters. The van der Waals surface area contributed by atoms with Gasteiger partial charge in [0.2, 0.25) is 0 Å². The minimum absolute atomic E-state index is 0.228. The monoisotopic (exact) mass is 290 g/mol. The van der Waals surface area contributed by atoms with Crippen molar-refractivity contribution < 1.29 is 4.92 Å². The summed E-state index contributed by atoms with van der Waals surface area (Å²) in [6.45, 7) is 9.17. The van der Waals surface area contributed by atoms with E-state index in [4.69, 9.17) is 0 Å². The zero-order chi connectivity index (χ0) is 14.8. The Morgan fingerprint density at radius 1 is 1.29 bits per heavy atom. The van der Waals surface area contributed by atoms with Gasteiger partial charge in [-0.2, -0.15) is 0 Å². The van der Waals surface area contributed by atoms with E-state index in [1.54, 1.807) is 12.1 Å². The highest BCUT2D eigenvalue weighted by Crippen LogP contribution is 2.23. The fraction of sp³-hybridized carbons (Fsp3) is 0.600. The molecule has 21 heavy (non-hydrogen) atoms. The highest BCUT2D eigenvalue weighted by atomic mass is 16.6. The fourth-order valence-electron chi connectivity index (χ4n) is 3.10. The van der Waals surface area contributed by atoms with Gasteiger partial charge in [0.1, 0.15) is 0 Å². The first-order valence-corrected chi connectivity index (χ1v) is 7.55. The summed E-state index contributed by atoms with van der Waals surface area (Å²) in [5.41, 5.74) is 2.10. The molecule has 0 aliphatic carbocycles. The molecule has 1 aromatic rings. The molecule has 0 radical (unpaired) electrons. The summed E-state index contributed by atoms with van der Waals surface area (Å²) in [4.78, 5) is 15.7. The summed E-state index contributed by atoms with van der Waals surface area (Å²) in [7, 11) is 0. The summed E-state index contributed by atoms with van der Waals surface area (Å²) in [5.74, 6) is 0. The maximum absolute atomic E-state index is 11.0. The molecule has 2 saturated heterocycles. The predicted molar refractivity (Wildman–Crippen MR) is 81.3 cm³/mol. The van der Waals surface area contributed by atoms with Crippen LogP contribution in [0.3, 0.4) is 0 Å². The van der Waals surface area contributed by atoms with E-state index in [1.807, 2.05) is 13.0 Å². The van der Waals surface area contributed by atoms with Gasteiger partial charge in [0, 0.05) is 63.5 Å². The average molecular weight is 290 g/mol. The van der Waals surface area contributed by atoms with Gasteiger partial charge in [-0.1, -0.05) is 12.1 Å². The van der Waals surface area contributed by atoms with E-state index in [-0.39, 0.29) is 10.6 Å². The number of hydrogen-bond acceptors (Lipinski definition) is 5. The molecular formula is C15H22N4O2. The van der Waals surface area contributed by atoms with Crippen molar-refractivity contribution in [3.05, 3.63) is 39.4 Å². The smallest absolute Gasteiger partial charge is 0.272 e. The zero-order valence-electron chi connectivity index (χ0n) is 12.4. The molecule has 0 saturated carbocycles. The van der Waals surface area contributed by atoms with Gasteiger partial charge in [0.15, 0.2) is 0 Å². The predicted octanol–water partition coefficient (Wildman–Crippen LogP) is 0.993. The molecular weight excluding hydrogens is 268 g/mol. The summed E-state index contributed by atoms with van der Waals surface area (Å²) in [5, 5.41) is 14.3. The molecule has 114 valence electrons. The van der Waals surface area contributed by atoms with E-state index >= 15 is 0 Å². The number of nitro groups is 1. The third-order valence-corrected chi connectivity index (χ3v) is 4.69. The Hall–Kier alpha value is -1.50. The topological polar surface area (TPSA) is 61.6 Å². The van der Waals surface area contributed by atoms with Crippen molar-refractivity contribution in [2.45, 2.75) is 19.5 Å². The normalized spacial score (nSPS) is 21.2. The molecule has 3 rings (SSSR count). The Labute approximate surface area is 124 Å². The quantitative estimate of drug-likeness (QED) is 0.662. The highest BCUT2D eigenvalue weighted by Gasteiger charge is 2.27. The van der Waals surface area contributed by atoms with Gasteiger partial charge in [0.25, 0.3) is 5.69 Å². The summed E-state index contributed by atoms with van der Waals surface area (Å²) >= 11 is 0. The molecule has 2 heterocycles. The lowest BCUT2D eigenvalue weighted by Crippen LogP contribution is -2.61. The second-order valence-corrected chi connectivity index (χ2v) is 5.94. The molecule has 1 aromatic carbocycles. The molecule has 0 bridgehead atoms. The van der Waals surface area contributed by atoms with E-state index in [2.05, 4.69) is 15.1 Å². The second kappa shape index (κ2) is 6.09. The fourth-order valence-corrected chi connectivity index (χ4v) is 3.10. The molecule has 0 amide bonds. The van der Waals surface area contributed by atoms with Crippen LogP contribution in [0.15, 0.2) is 18.2 Å². The molecule has 0 atom stereocenters. The van der Waals surface area contributed by atoms with Crippen molar-refractivity contribution in [3.8, 4) is 0 Å². The van der Waals surface area contributed by atoms with Crippen LogP contribution in [0.5, 0.6) is 0 Å². The van der Waals surface area contributed by atoms with Gasteiger partial charge in [-0.15, -0.1) is 0 Å². The largest absolute Gasteiger partial charge is 0.314 e. The molecule has 0 aromatic heterocycles. The number of piperazine rings is 1. The standard InChI is InChI=1S/C15H22N4O2/c1-12-13(3-2-4-15(12)19(20)21)11-17-5-7-18(8-6-17)14-9-16-10-14/h2-4,14,16H,5-11H2,1H3. The van der Waals surface area contributed by atoms with Crippen molar-refractivity contribution in [2.75, 3.05) is 39.3 Å². The van der Waals surface area contributed by atoms with Crippen LogP contribution in [0.1, 0.15) is 11.1 Å². The maximum atomic E-state index is 11.0. The number of benzene rings is 1. The SMILES string of the molecule is Cc1c(CN2CCN(C3CNC3)CC2)cccc1[N+](=O)[O-]. The maximum Gasteiger partial charge on any atom is 0.272 e. The highest BCUT2D eigenvalue weighted by molar-refractivity contribution is 5.44. The third kappa shape index (κ3) is 3.07. The first-order chi connectivity index (χ1) is 10.1. The van der Waals surface area contributed by atoms with Crippen LogP contribution >= 0.6 is 0 Å². The molecule has 1 N–H and O–H groups in total. The number of nitro benzene ring substituents is 1. The zero-order valence-corrected chi connectivity index (χ0v) is 12.4. The van der Waals surface area contributed by atoms with Gasteiger partial charge in [-0.25, -0.2) is 0 Å². The molecule has 0 spiro atoms. The van der Waals surface area contributed by atoms with Crippen LogP contribution in [0, 0.1) is 17.0 Å². The van der Waals surface area contributed by atoms with Gasteiger partial charge in [-0.3, -0.25) is 19.9 Å². The van der Waals surface area contributed by atoms with Crippen molar-refractivity contribution in [1.82, 2.24) is 15.1 Å². The Morgan fingerprint density at radius 3 is 2.57 bits per heavy atom. The minimum Gasteiger partial charge on any atom is -0.314 e. The first-order valence-electron chi connectivity index (χ1n) is 7.55. The van der Waals surface area contributed by atoms with Gasteiger partial charge in [0.05, 0.1) is 4.92 Å². The Balaban J connectivity index is 1.60. The minimum atomic E-state index is -0.291. The van der Waals surface area contributed by atoms with E-state index in [0.29, 0.717) is 6.04 Å². The molecule has 2 aliphatic heterocycles. The van der Waals surface area contributed by atoms with E-state index in [0.717, 1.165) is 56.9 Å². The van der Waals surface area contributed by atoms with Crippen LogP contribution in [-0.2, 0) is 6.54 Å². The van der Waals surface area contributed by atoms with Crippen molar-refractivity contribution in [1.29, 1.82) is 0 Å². The Kier molecular flexibility index (Phi) is 4.19. The van der Waals surface area contributed by atoms with Crippen molar-refractivity contribution in [3.63, 3.8) is 0 Å². The molecule has 6 heteroatoms. The van der Waals surface area contributed by atoms with Crippen molar-refractivity contribution >= 4 is 5.69 Å². The lowest BCUT2D eigenvalue weighted by atomic mass is 10.1. The van der Waals surface area contributed by atoms with Crippen LogP contribution < -0.4 is 5.32 Å². The lowest BCUT2D eigenvalue weighted by molar-refractivity contribution is -0.385. The van der Waals surface area contributed by atoms with Gasteiger partial charge < -0.3 is 5.32 Å². The van der Waals surface area contributed by atoms with E-state index in [9.17, 15) is 10.1 Å². The molecule has 6 nitrogen and oxygen atoms in total. The van der Waals surface area contributed by atoms with Gasteiger partial charge in [-0.05, 0) is 12.5 Å². The lowest BCUT2D eigenvalue weighted by Gasteiger charge is -2.43. The third-order valence-electron chi connectivity index (χ3n) is 4.69. The van der Waals surface area contributed by atoms with Crippen LogP contribution in [-0.4, -0.2) is 60.0 Å². The summed E-state index contributed by atoms with van der Waals surface area (Å²) < 4.78 is 0. The van der Waals surface area contributed by atoms with Gasteiger partial charge >= 0.3 is 0 Å². The second-order valence-electron chi connectivity index (χ2n) is 5.94. The summed E-state index contributed by atoms with van der Waals surface area (Å²) in [6.07, 6.45) is 0. The van der Waals surface area contributed by atoms with E-state index < -0.39 is 0 Å². The number of nitrogens with zero attached hydrogens (tertiary/aromatic N) is 3. The van der Waals surface area contributed by atoms with Crippen LogP contribution in [0.2, 0.25) is 0 Å². The molecule has 2 fully saturated rings. The number of rotatable bonds is 4. The Morgan fingerprint density at radius 2 is 2.00 bits per heavy atom. The molecule has 2 aliphatic rings. The first kappa shape index (κ1) is 14.4. The van der Waals surface area contributed by atoms with Crippen LogP contribution in [0.4, 0.5) is 5.69 Å². The van der Waals surface area contributed by atoms with Crippen LogP contribution in [0.25, 0.3) is 0 Å².